The zero-order chi connectivity index (χ0) is 9.68. The molecule has 0 aliphatic heterocycles. The average Bonchev–Trinajstić information content (AvgIpc) is 2.09. The highest BCUT2D eigenvalue weighted by molar-refractivity contribution is 5.31. The van der Waals surface area contributed by atoms with Crippen LogP contribution in [0.15, 0.2) is 17.2 Å². The lowest BCUT2D eigenvalue weighted by atomic mass is 10.2. The number of hydrogen-bond donors (Lipinski definition) is 2. The van der Waals surface area contributed by atoms with Gasteiger partial charge in [-0.2, -0.15) is 0 Å². The number of rotatable bonds is 3. The summed E-state index contributed by atoms with van der Waals surface area (Å²) < 4.78 is 0. The maximum Gasteiger partial charge on any atom is 0.290 e. The molecule has 4 nitrogen and oxygen atoms in total. The zero-order valence-electron chi connectivity index (χ0n) is 7.37. The Labute approximate surface area is 76.4 Å². The second-order valence-corrected chi connectivity index (χ2v) is 2.72. The van der Waals surface area contributed by atoms with Gasteiger partial charge in [0.15, 0.2) is 5.82 Å². The van der Waals surface area contributed by atoms with Gasteiger partial charge in [0.25, 0.3) is 5.56 Å². The van der Waals surface area contributed by atoms with Gasteiger partial charge in [-0.25, -0.2) is 4.98 Å². The molecule has 0 radical (unpaired) electrons. The van der Waals surface area contributed by atoms with Gasteiger partial charge in [-0.1, -0.05) is 0 Å². The van der Waals surface area contributed by atoms with Crippen molar-refractivity contribution in [3.05, 3.63) is 22.7 Å². The molecule has 1 atom stereocenters. The standard InChI is InChI=1S/C9H11N3O/c1-3-4-7(2)12-8-9(13)11-6-5-10-8/h1,5-7H,4H2,2H3,(H,10,12)(H,11,13). The van der Waals surface area contributed by atoms with Gasteiger partial charge in [0.2, 0.25) is 0 Å². The molecule has 0 saturated carbocycles. The van der Waals surface area contributed by atoms with Crippen LogP contribution in [-0.4, -0.2) is 16.0 Å². The van der Waals surface area contributed by atoms with Crippen LogP contribution in [0.3, 0.4) is 0 Å². The maximum absolute atomic E-state index is 11.1. The predicted octanol–water partition coefficient (Wildman–Crippen LogP) is 0.594. The number of H-pyrrole nitrogens is 1. The molecule has 1 aromatic rings. The fourth-order valence-electron chi connectivity index (χ4n) is 0.916. The molecule has 1 heterocycles. The van der Waals surface area contributed by atoms with E-state index in [-0.39, 0.29) is 11.6 Å². The van der Waals surface area contributed by atoms with E-state index in [9.17, 15) is 4.79 Å². The molecule has 4 heteroatoms. The summed E-state index contributed by atoms with van der Waals surface area (Å²) in [5.74, 6) is 2.82. The second kappa shape index (κ2) is 4.31. The largest absolute Gasteiger partial charge is 0.362 e. The summed E-state index contributed by atoms with van der Waals surface area (Å²) in [6.07, 6.45) is 8.70. The number of nitrogens with one attached hydrogen (secondary N) is 2. The minimum atomic E-state index is -0.230. The van der Waals surface area contributed by atoms with Gasteiger partial charge in [0.05, 0.1) is 0 Å². The topological polar surface area (TPSA) is 57.8 Å². The van der Waals surface area contributed by atoms with E-state index in [0.717, 1.165) is 0 Å². The smallest absolute Gasteiger partial charge is 0.290 e. The molecule has 0 aliphatic rings. The van der Waals surface area contributed by atoms with E-state index in [1.807, 2.05) is 6.92 Å². The van der Waals surface area contributed by atoms with Gasteiger partial charge in [0.1, 0.15) is 0 Å². The van der Waals surface area contributed by atoms with Crippen LogP contribution in [0.2, 0.25) is 0 Å². The van der Waals surface area contributed by atoms with Crippen LogP contribution in [0.1, 0.15) is 13.3 Å². The molecule has 13 heavy (non-hydrogen) atoms. The first-order chi connectivity index (χ1) is 6.24. The lowest BCUT2D eigenvalue weighted by Crippen LogP contribution is -2.22. The number of anilines is 1. The van der Waals surface area contributed by atoms with Crippen molar-refractivity contribution in [2.45, 2.75) is 19.4 Å². The van der Waals surface area contributed by atoms with Crippen molar-refractivity contribution in [1.82, 2.24) is 9.97 Å². The molecule has 1 rings (SSSR count). The van der Waals surface area contributed by atoms with Crippen LogP contribution in [-0.2, 0) is 0 Å². The van der Waals surface area contributed by atoms with Crippen molar-refractivity contribution in [2.24, 2.45) is 0 Å². The summed E-state index contributed by atoms with van der Waals surface area (Å²) in [7, 11) is 0. The molecule has 0 aliphatic carbocycles. The van der Waals surface area contributed by atoms with Gasteiger partial charge < -0.3 is 10.3 Å². The Kier molecular flexibility index (Phi) is 3.09. The van der Waals surface area contributed by atoms with Crippen LogP contribution in [0, 0.1) is 12.3 Å². The summed E-state index contributed by atoms with van der Waals surface area (Å²) in [6.45, 7) is 1.90. The highest BCUT2D eigenvalue weighted by Gasteiger charge is 2.03. The van der Waals surface area contributed by atoms with Crippen molar-refractivity contribution >= 4 is 5.82 Å². The molecule has 0 aromatic carbocycles. The average molecular weight is 177 g/mol. The summed E-state index contributed by atoms with van der Waals surface area (Å²) in [5.41, 5.74) is -0.230. The molecule has 1 unspecified atom stereocenters. The maximum atomic E-state index is 11.1. The minimum Gasteiger partial charge on any atom is -0.362 e. The normalized spacial score (nSPS) is 11.7. The number of aromatic amines is 1. The second-order valence-electron chi connectivity index (χ2n) is 2.72. The predicted molar refractivity (Wildman–Crippen MR) is 51.4 cm³/mol. The molecular weight excluding hydrogens is 166 g/mol. The molecule has 0 spiro atoms. The summed E-state index contributed by atoms with van der Waals surface area (Å²) in [4.78, 5) is 17.5. The van der Waals surface area contributed by atoms with Crippen LogP contribution in [0.5, 0.6) is 0 Å². The molecule has 1 aromatic heterocycles. The summed E-state index contributed by atoms with van der Waals surface area (Å²) in [5, 5.41) is 2.91. The minimum absolute atomic E-state index is 0.0565. The highest BCUT2D eigenvalue weighted by atomic mass is 16.1. The summed E-state index contributed by atoms with van der Waals surface area (Å²) in [6, 6.07) is 0.0565. The third-order valence-electron chi connectivity index (χ3n) is 1.51. The first-order valence-electron chi connectivity index (χ1n) is 3.97. The molecule has 0 fully saturated rings. The lowest BCUT2D eigenvalue weighted by molar-refractivity contribution is 0.816. The van der Waals surface area contributed by atoms with E-state index < -0.39 is 0 Å². The van der Waals surface area contributed by atoms with E-state index in [0.29, 0.717) is 12.2 Å². The SMILES string of the molecule is C#CCC(C)Nc1ncc[nH]c1=O. The van der Waals surface area contributed by atoms with Gasteiger partial charge in [-0.3, -0.25) is 4.79 Å². The third-order valence-corrected chi connectivity index (χ3v) is 1.51. The third kappa shape index (κ3) is 2.64. The molecule has 2 N–H and O–H groups in total. The number of nitrogens with zero attached hydrogens (tertiary/aromatic N) is 1. The Morgan fingerprint density at radius 3 is 3.23 bits per heavy atom. The van der Waals surface area contributed by atoms with Crippen LogP contribution < -0.4 is 10.9 Å². The van der Waals surface area contributed by atoms with E-state index in [4.69, 9.17) is 6.42 Å². The number of hydrogen-bond acceptors (Lipinski definition) is 3. The van der Waals surface area contributed by atoms with E-state index in [1.165, 1.54) is 12.4 Å². The van der Waals surface area contributed by atoms with Gasteiger partial charge in [-0.05, 0) is 6.92 Å². The van der Waals surface area contributed by atoms with Crippen LogP contribution in [0.25, 0.3) is 0 Å². The first kappa shape index (κ1) is 9.33. The van der Waals surface area contributed by atoms with Crippen LogP contribution >= 0.6 is 0 Å². The number of aromatic nitrogens is 2. The Balaban J connectivity index is 2.70. The van der Waals surface area contributed by atoms with Crippen molar-refractivity contribution in [3.63, 3.8) is 0 Å². The Hall–Kier alpha value is -1.76. The molecule has 0 bridgehead atoms. The van der Waals surface area contributed by atoms with Gasteiger partial charge in [0, 0.05) is 24.9 Å². The first-order valence-corrected chi connectivity index (χ1v) is 3.97. The molecule has 68 valence electrons. The van der Waals surface area contributed by atoms with E-state index in [1.54, 1.807) is 0 Å². The Morgan fingerprint density at radius 1 is 1.85 bits per heavy atom. The van der Waals surface area contributed by atoms with Gasteiger partial charge >= 0.3 is 0 Å². The molecule has 0 saturated heterocycles. The monoisotopic (exact) mass is 177 g/mol. The quantitative estimate of drug-likeness (QED) is 0.664. The fraction of sp³-hybridized carbons (Fsp3) is 0.333. The van der Waals surface area contributed by atoms with Crippen molar-refractivity contribution in [1.29, 1.82) is 0 Å². The highest BCUT2D eigenvalue weighted by Crippen LogP contribution is 1.97. The Bertz CT molecular complexity index is 364. The Morgan fingerprint density at radius 2 is 2.62 bits per heavy atom. The molecular formula is C9H11N3O. The zero-order valence-corrected chi connectivity index (χ0v) is 7.37. The van der Waals surface area contributed by atoms with Crippen molar-refractivity contribution in [3.8, 4) is 12.3 Å². The van der Waals surface area contributed by atoms with E-state index in [2.05, 4.69) is 21.2 Å². The number of terminal acetylenes is 1. The summed E-state index contributed by atoms with van der Waals surface area (Å²) >= 11 is 0. The van der Waals surface area contributed by atoms with Crippen molar-refractivity contribution < 1.29 is 0 Å². The fourth-order valence-corrected chi connectivity index (χ4v) is 0.916. The van der Waals surface area contributed by atoms with E-state index >= 15 is 0 Å². The lowest BCUT2D eigenvalue weighted by Gasteiger charge is -2.09. The van der Waals surface area contributed by atoms with Crippen LogP contribution in [0.4, 0.5) is 5.82 Å². The van der Waals surface area contributed by atoms with Gasteiger partial charge in [-0.15, -0.1) is 12.3 Å². The molecule has 0 amide bonds. The van der Waals surface area contributed by atoms with Crippen molar-refractivity contribution in [2.75, 3.05) is 5.32 Å².